The first-order valence-corrected chi connectivity index (χ1v) is 9.00. The Balaban J connectivity index is 1.58. The molecule has 3 nitrogen and oxygen atoms in total. The van der Waals surface area contributed by atoms with Crippen molar-refractivity contribution in [2.24, 2.45) is 0 Å². The highest BCUT2D eigenvalue weighted by Gasteiger charge is 2.28. The van der Waals surface area contributed by atoms with Gasteiger partial charge in [0.2, 0.25) is 0 Å². The second-order valence-corrected chi connectivity index (χ2v) is 7.35. The highest BCUT2D eigenvalue weighted by molar-refractivity contribution is 9.10. The highest BCUT2D eigenvalue weighted by atomic mass is 79.9. The van der Waals surface area contributed by atoms with E-state index in [1.165, 1.54) is 14.9 Å². The number of hydrogen-bond acceptors (Lipinski definition) is 3. The number of aryl methyl sites for hydroxylation is 1. The fraction of sp³-hybridized carbons (Fsp3) is 0.353. The summed E-state index contributed by atoms with van der Waals surface area (Å²) in [6.07, 6.45) is 2.68. The molecule has 0 radical (unpaired) electrons. The van der Waals surface area contributed by atoms with Gasteiger partial charge < -0.3 is 9.64 Å². The number of carbonyl (C=O) groups excluding carboxylic acids is 1. The lowest BCUT2D eigenvalue weighted by Crippen LogP contribution is -2.40. The molecule has 22 heavy (non-hydrogen) atoms. The van der Waals surface area contributed by atoms with Crippen molar-refractivity contribution >= 4 is 33.4 Å². The molecular weight excluding hydrogens is 362 g/mol. The number of likely N-dealkylation sites (N-methyl/N-ethyl adjacent to an activating group) is 1. The molecule has 5 heteroatoms. The molecule has 0 fully saturated rings. The number of carbonyl (C=O) groups is 1. The van der Waals surface area contributed by atoms with Crippen LogP contribution in [0.3, 0.4) is 0 Å². The van der Waals surface area contributed by atoms with Crippen LogP contribution in [-0.2, 0) is 24.2 Å². The Morgan fingerprint density at radius 1 is 1.41 bits per heavy atom. The number of ether oxygens (including phenoxy) is 1. The third-order valence-electron chi connectivity index (χ3n) is 4.11. The van der Waals surface area contributed by atoms with Gasteiger partial charge in [-0.3, -0.25) is 0 Å². The van der Waals surface area contributed by atoms with Gasteiger partial charge in [-0.1, -0.05) is 30.3 Å². The van der Waals surface area contributed by atoms with Crippen LogP contribution in [0.1, 0.15) is 22.4 Å². The Morgan fingerprint density at radius 3 is 2.95 bits per heavy atom. The van der Waals surface area contributed by atoms with Crippen molar-refractivity contribution in [2.75, 3.05) is 7.05 Å². The lowest BCUT2D eigenvalue weighted by Gasteiger charge is -2.30. The zero-order valence-corrected chi connectivity index (χ0v) is 14.8. The first-order valence-electron chi connectivity index (χ1n) is 7.33. The van der Waals surface area contributed by atoms with E-state index in [1.807, 2.05) is 37.4 Å². The third kappa shape index (κ3) is 3.36. The van der Waals surface area contributed by atoms with Crippen LogP contribution in [0.5, 0.6) is 0 Å². The summed E-state index contributed by atoms with van der Waals surface area (Å²) in [6.45, 7) is 0.324. The van der Waals surface area contributed by atoms with Crippen molar-refractivity contribution in [3.05, 3.63) is 56.2 Å². The number of nitrogens with zero attached hydrogens (tertiary/aromatic N) is 1. The van der Waals surface area contributed by atoms with Gasteiger partial charge in [0.15, 0.2) is 0 Å². The first-order chi connectivity index (χ1) is 10.6. The molecule has 1 aliphatic rings. The van der Waals surface area contributed by atoms with Crippen LogP contribution >= 0.6 is 27.3 Å². The van der Waals surface area contributed by atoms with Gasteiger partial charge in [0.1, 0.15) is 6.61 Å². The largest absolute Gasteiger partial charge is 0.445 e. The van der Waals surface area contributed by atoms with Gasteiger partial charge in [-0.25, -0.2) is 4.79 Å². The molecule has 116 valence electrons. The maximum absolute atomic E-state index is 12.2. The fourth-order valence-corrected chi connectivity index (χ4v) is 4.53. The van der Waals surface area contributed by atoms with Crippen molar-refractivity contribution in [1.82, 2.24) is 4.90 Å². The molecule has 2 aromatic rings. The summed E-state index contributed by atoms with van der Waals surface area (Å²) in [4.78, 5) is 15.4. The number of rotatable bonds is 3. The zero-order valence-electron chi connectivity index (χ0n) is 12.4. The predicted octanol–water partition coefficient (Wildman–Crippen LogP) is 4.64. The summed E-state index contributed by atoms with van der Waals surface area (Å²) in [5.41, 5.74) is 2.36. The van der Waals surface area contributed by atoms with E-state index >= 15 is 0 Å². The van der Waals surface area contributed by atoms with E-state index in [9.17, 15) is 4.79 Å². The lowest BCUT2D eigenvalue weighted by molar-refractivity contribution is 0.0884. The molecule has 0 aliphatic heterocycles. The monoisotopic (exact) mass is 379 g/mol. The third-order valence-corrected chi connectivity index (χ3v) is 6.21. The van der Waals surface area contributed by atoms with Crippen LogP contribution in [0.15, 0.2) is 40.2 Å². The minimum atomic E-state index is -0.247. The average Bonchev–Trinajstić information content (AvgIpc) is 2.93. The van der Waals surface area contributed by atoms with E-state index in [-0.39, 0.29) is 12.1 Å². The number of benzene rings is 1. The Hall–Kier alpha value is -1.33. The van der Waals surface area contributed by atoms with E-state index in [0.29, 0.717) is 6.61 Å². The predicted molar refractivity (Wildman–Crippen MR) is 92.2 cm³/mol. The highest BCUT2D eigenvalue weighted by Crippen LogP contribution is 2.34. The maximum atomic E-state index is 12.2. The molecule has 1 aromatic carbocycles. The van der Waals surface area contributed by atoms with E-state index in [2.05, 4.69) is 21.3 Å². The summed E-state index contributed by atoms with van der Waals surface area (Å²) in [6, 6.07) is 9.98. The number of amides is 1. The number of fused-ring (bicyclic) bond motifs is 1. The minimum Gasteiger partial charge on any atom is -0.445 e. The summed E-state index contributed by atoms with van der Waals surface area (Å²) < 4.78 is 6.59. The smallest absolute Gasteiger partial charge is 0.410 e. The summed E-state index contributed by atoms with van der Waals surface area (Å²) in [5, 5.41) is 2.14. The van der Waals surface area contributed by atoms with Crippen LogP contribution in [0.2, 0.25) is 0 Å². The molecule has 1 atom stereocenters. The van der Waals surface area contributed by atoms with Gasteiger partial charge in [-0.05, 0) is 46.3 Å². The molecule has 1 amide bonds. The van der Waals surface area contributed by atoms with Crippen LogP contribution in [-0.4, -0.2) is 24.1 Å². The van der Waals surface area contributed by atoms with E-state index < -0.39 is 0 Å². The minimum absolute atomic E-state index is 0.210. The van der Waals surface area contributed by atoms with Crippen molar-refractivity contribution < 1.29 is 9.53 Å². The molecule has 0 bridgehead atoms. The van der Waals surface area contributed by atoms with Gasteiger partial charge in [0.25, 0.3) is 0 Å². The standard InChI is InChI=1S/C17H18BrNO2S/c1-19(17(20)21-10-12-5-3-2-4-6-12)13-7-8-16-14(9-13)15(18)11-22-16/h2-6,11,13H,7-10H2,1H3. The molecule has 0 saturated heterocycles. The van der Waals surface area contributed by atoms with Crippen LogP contribution < -0.4 is 0 Å². The second-order valence-electron chi connectivity index (χ2n) is 5.53. The molecule has 1 aliphatic carbocycles. The molecule has 0 N–H and O–H groups in total. The van der Waals surface area contributed by atoms with Crippen LogP contribution in [0, 0.1) is 0 Å². The molecule has 0 spiro atoms. The van der Waals surface area contributed by atoms with E-state index in [0.717, 1.165) is 24.8 Å². The molecular formula is C17H18BrNO2S. The SMILES string of the molecule is CN(C(=O)OCc1ccccc1)C1CCc2scc(Br)c2C1. The molecule has 1 unspecified atom stereocenters. The Kier molecular flexibility index (Phi) is 4.84. The van der Waals surface area contributed by atoms with Gasteiger partial charge >= 0.3 is 6.09 Å². The van der Waals surface area contributed by atoms with Crippen molar-refractivity contribution in [1.29, 1.82) is 0 Å². The molecule has 0 saturated carbocycles. The van der Waals surface area contributed by atoms with Gasteiger partial charge in [0.05, 0.1) is 0 Å². The Bertz CT molecular complexity index is 656. The normalized spacial score (nSPS) is 16.9. The quantitative estimate of drug-likeness (QED) is 0.777. The Labute approximate surface area is 143 Å². The lowest BCUT2D eigenvalue weighted by atomic mass is 9.94. The van der Waals surface area contributed by atoms with E-state index in [1.54, 1.807) is 16.2 Å². The van der Waals surface area contributed by atoms with Crippen LogP contribution in [0.25, 0.3) is 0 Å². The summed E-state index contributed by atoms with van der Waals surface area (Å²) in [7, 11) is 1.84. The van der Waals surface area contributed by atoms with E-state index in [4.69, 9.17) is 4.74 Å². The topological polar surface area (TPSA) is 29.5 Å². The Morgan fingerprint density at radius 2 is 2.18 bits per heavy atom. The molecule has 1 aromatic heterocycles. The number of thiophene rings is 1. The first kappa shape index (κ1) is 15.6. The number of hydrogen-bond donors (Lipinski definition) is 0. The van der Waals surface area contributed by atoms with Gasteiger partial charge in [-0.2, -0.15) is 0 Å². The molecule has 1 heterocycles. The maximum Gasteiger partial charge on any atom is 0.410 e. The van der Waals surface area contributed by atoms with Gasteiger partial charge in [-0.15, -0.1) is 11.3 Å². The number of halogens is 1. The zero-order chi connectivity index (χ0) is 15.5. The van der Waals surface area contributed by atoms with Crippen molar-refractivity contribution in [3.8, 4) is 0 Å². The van der Waals surface area contributed by atoms with Crippen molar-refractivity contribution in [2.45, 2.75) is 31.9 Å². The molecule has 3 rings (SSSR count). The van der Waals surface area contributed by atoms with Crippen molar-refractivity contribution in [3.63, 3.8) is 0 Å². The van der Waals surface area contributed by atoms with Gasteiger partial charge in [0, 0.05) is 27.8 Å². The second kappa shape index (κ2) is 6.84. The fourth-order valence-electron chi connectivity index (χ4n) is 2.76. The summed E-state index contributed by atoms with van der Waals surface area (Å²) in [5.74, 6) is 0. The van der Waals surface area contributed by atoms with Crippen LogP contribution in [0.4, 0.5) is 4.79 Å². The summed E-state index contributed by atoms with van der Waals surface area (Å²) >= 11 is 5.40. The average molecular weight is 380 g/mol.